The number of nitrogens with zero attached hydrogens (tertiary/aromatic N) is 3. The van der Waals surface area contributed by atoms with Crippen molar-refractivity contribution < 1.29 is 27.5 Å². The van der Waals surface area contributed by atoms with Crippen LogP contribution in [0.1, 0.15) is 16.7 Å². The molecule has 0 bridgehead atoms. The number of halogens is 5. The fourth-order valence-corrected chi connectivity index (χ4v) is 5.83. The molecule has 2 fully saturated rings. The van der Waals surface area contributed by atoms with Crippen molar-refractivity contribution in [1.82, 2.24) is 20.4 Å². The number of hydrogen-bond donors (Lipinski definition) is 2. The van der Waals surface area contributed by atoms with Crippen molar-refractivity contribution in [2.24, 2.45) is 0 Å². The van der Waals surface area contributed by atoms with E-state index >= 15 is 0 Å². The second-order valence-corrected chi connectivity index (χ2v) is 11.2. The first-order valence-electron chi connectivity index (χ1n) is 14.0. The van der Waals surface area contributed by atoms with Gasteiger partial charge in [-0.15, -0.1) is 0 Å². The average molecular weight is 631 g/mol. The topological polar surface area (TPSA) is 77.2 Å². The minimum absolute atomic E-state index is 0.156. The molecule has 2 aromatic rings. The number of piperazine rings is 2. The van der Waals surface area contributed by atoms with Gasteiger partial charge in [0.1, 0.15) is 6.04 Å². The van der Waals surface area contributed by atoms with Crippen molar-refractivity contribution in [2.45, 2.75) is 25.1 Å². The van der Waals surface area contributed by atoms with E-state index in [2.05, 4.69) is 10.6 Å². The molecule has 2 aliphatic heterocycles. The molecule has 0 unspecified atom stereocenters. The van der Waals surface area contributed by atoms with Gasteiger partial charge in [0.05, 0.1) is 18.7 Å². The van der Waals surface area contributed by atoms with E-state index in [0.717, 1.165) is 17.3 Å². The van der Waals surface area contributed by atoms with Gasteiger partial charge < -0.3 is 30.1 Å². The minimum atomic E-state index is -4.44. The molecule has 13 heteroatoms. The molecule has 0 aliphatic carbocycles. The van der Waals surface area contributed by atoms with Crippen molar-refractivity contribution in [3.63, 3.8) is 0 Å². The highest BCUT2D eigenvalue weighted by Gasteiger charge is 2.36. The second kappa shape index (κ2) is 14.7. The van der Waals surface area contributed by atoms with E-state index in [0.29, 0.717) is 81.0 Å². The summed E-state index contributed by atoms with van der Waals surface area (Å²) >= 11 is 12.5. The van der Waals surface area contributed by atoms with Crippen LogP contribution in [0.15, 0.2) is 36.4 Å². The van der Waals surface area contributed by atoms with Crippen LogP contribution in [0.25, 0.3) is 0 Å². The van der Waals surface area contributed by atoms with Crippen molar-refractivity contribution in [2.75, 3.05) is 77.5 Å². The van der Waals surface area contributed by atoms with E-state index in [4.69, 9.17) is 27.9 Å². The van der Waals surface area contributed by atoms with E-state index < -0.39 is 17.8 Å². The third-order valence-corrected chi connectivity index (χ3v) is 8.20. The molecular weight excluding hydrogens is 594 g/mol. The molecule has 2 saturated heterocycles. The normalized spacial score (nSPS) is 17.1. The molecule has 230 valence electrons. The molecule has 1 atom stereocenters. The maximum Gasteiger partial charge on any atom is 0.416 e. The van der Waals surface area contributed by atoms with Crippen molar-refractivity contribution in [3.8, 4) is 0 Å². The zero-order valence-electron chi connectivity index (χ0n) is 23.5. The Balaban J connectivity index is 1.48. The molecule has 4 rings (SSSR count). The Morgan fingerprint density at radius 3 is 2.48 bits per heavy atom. The van der Waals surface area contributed by atoms with E-state index in [1.54, 1.807) is 35.1 Å². The summed E-state index contributed by atoms with van der Waals surface area (Å²) in [5.41, 5.74) is 1.36. The molecule has 0 saturated carbocycles. The number of nitrogens with one attached hydrogen (secondary N) is 2. The Morgan fingerprint density at radius 1 is 1.05 bits per heavy atom. The summed E-state index contributed by atoms with van der Waals surface area (Å²) in [6.45, 7) is 4.39. The van der Waals surface area contributed by atoms with Gasteiger partial charge in [0.25, 0.3) is 0 Å². The van der Waals surface area contributed by atoms with Gasteiger partial charge in [-0.05, 0) is 54.4 Å². The zero-order chi connectivity index (χ0) is 30.3. The summed E-state index contributed by atoms with van der Waals surface area (Å²) in [5, 5.41) is 7.14. The molecule has 42 heavy (non-hydrogen) atoms. The van der Waals surface area contributed by atoms with Crippen molar-refractivity contribution >= 4 is 40.7 Å². The lowest BCUT2D eigenvalue weighted by atomic mass is 10.0. The highest BCUT2D eigenvalue weighted by atomic mass is 35.5. The minimum Gasteiger partial charge on any atom is -0.383 e. The first-order chi connectivity index (χ1) is 20.1. The average Bonchev–Trinajstić information content (AvgIpc) is 2.96. The van der Waals surface area contributed by atoms with Crippen LogP contribution in [0, 0.1) is 0 Å². The van der Waals surface area contributed by atoms with Crippen LogP contribution in [-0.2, 0) is 33.3 Å². The zero-order valence-corrected chi connectivity index (χ0v) is 25.0. The Morgan fingerprint density at radius 2 is 1.81 bits per heavy atom. The quantitative estimate of drug-likeness (QED) is 0.371. The van der Waals surface area contributed by atoms with E-state index in [1.807, 2.05) is 4.90 Å². The fraction of sp³-hybridized carbons (Fsp3) is 0.517. The van der Waals surface area contributed by atoms with Gasteiger partial charge in [0.2, 0.25) is 11.8 Å². The lowest BCUT2D eigenvalue weighted by Crippen LogP contribution is -2.60. The lowest BCUT2D eigenvalue weighted by molar-refractivity contribution is -0.146. The van der Waals surface area contributed by atoms with Crippen molar-refractivity contribution in [3.05, 3.63) is 63.1 Å². The largest absolute Gasteiger partial charge is 0.416 e. The predicted octanol–water partition coefficient (Wildman–Crippen LogP) is 3.48. The summed E-state index contributed by atoms with van der Waals surface area (Å²) in [7, 11) is 1.59. The number of carbonyl (C=O) groups is 2. The maximum atomic E-state index is 13.9. The van der Waals surface area contributed by atoms with E-state index in [-0.39, 0.29) is 24.8 Å². The molecule has 2 aromatic carbocycles. The van der Waals surface area contributed by atoms with Crippen LogP contribution in [0.5, 0.6) is 0 Å². The molecule has 2 aliphatic rings. The molecular formula is C29H36Cl2F3N5O3. The predicted molar refractivity (Wildman–Crippen MR) is 157 cm³/mol. The molecule has 2 amide bonds. The molecule has 0 aromatic heterocycles. The van der Waals surface area contributed by atoms with Crippen LogP contribution in [0.4, 0.5) is 18.9 Å². The number of carbonyl (C=O) groups excluding carboxylic acids is 2. The molecule has 2 heterocycles. The van der Waals surface area contributed by atoms with Gasteiger partial charge in [0, 0.05) is 75.1 Å². The van der Waals surface area contributed by atoms with E-state index in [1.165, 1.54) is 12.1 Å². The number of ether oxygens (including phenoxy) is 1. The highest BCUT2D eigenvalue weighted by Crippen LogP contribution is 2.34. The standard InChI is InChI=1S/C29H36Cl2F3N5O3/c1-42-15-9-35-7-6-21-16-22(29(32,33)34)3-5-25(21)37-11-13-38(14-12-37)28(41)26(39-10-8-36-19-27(39)40)17-20-2-4-23(30)18-24(20)31/h2-5,16,18,26,35-36H,6-15,17,19H2,1H3/t26-/m0/s1. The van der Waals surface area contributed by atoms with Crippen LogP contribution >= 0.6 is 23.2 Å². The molecule has 2 N–H and O–H groups in total. The first-order valence-corrected chi connectivity index (χ1v) is 14.7. The number of anilines is 1. The summed E-state index contributed by atoms with van der Waals surface area (Å²) in [6.07, 6.45) is -3.78. The van der Waals surface area contributed by atoms with Gasteiger partial charge in [0.15, 0.2) is 0 Å². The summed E-state index contributed by atoms with van der Waals surface area (Å²) in [4.78, 5) is 32.1. The lowest BCUT2D eigenvalue weighted by Gasteiger charge is -2.41. The van der Waals surface area contributed by atoms with Gasteiger partial charge in [-0.3, -0.25) is 9.59 Å². The smallest absolute Gasteiger partial charge is 0.383 e. The Labute approximate surface area is 254 Å². The Hall–Kier alpha value is -2.57. The third-order valence-electron chi connectivity index (χ3n) is 7.61. The van der Waals surface area contributed by atoms with Crippen LogP contribution in [0.2, 0.25) is 10.0 Å². The van der Waals surface area contributed by atoms with Gasteiger partial charge in [-0.1, -0.05) is 29.3 Å². The fourth-order valence-electron chi connectivity index (χ4n) is 5.35. The Bertz CT molecular complexity index is 1240. The number of benzene rings is 2. The Kier molecular flexibility index (Phi) is 11.4. The third kappa shape index (κ3) is 8.29. The van der Waals surface area contributed by atoms with Crippen molar-refractivity contribution in [1.29, 1.82) is 0 Å². The first kappa shape index (κ1) is 32.3. The maximum absolute atomic E-state index is 13.9. The number of hydrogen-bond acceptors (Lipinski definition) is 6. The number of alkyl halides is 3. The summed E-state index contributed by atoms with van der Waals surface area (Å²) < 4.78 is 45.5. The van der Waals surface area contributed by atoms with Gasteiger partial charge in [-0.25, -0.2) is 0 Å². The monoisotopic (exact) mass is 629 g/mol. The number of rotatable bonds is 11. The summed E-state index contributed by atoms with van der Waals surface area (Å²) in [5.74, 6) is -0.331. The van der Waals surface area contributed by atoms with Gasteiger partial charge >= 0.3 is 6.18 Å². The SMILES string of the molecule is COCCNCCc1cc(C(F)(F)F)ccc1N1CCN(C(=O)[C@H](Cc2ccc(Cl)cc2Cl)N2CCNCC2=O)CC1. The van der Waals surface area contributed by atoms with Gasteiger partial charge in [-0.2, -0.15) is 13.2 Å². The number of methoxy groups -OCH3 is 1. The van der Waals surface area contributed by atoms with Crippen LogP contribution in [-0.4, -0.2) is 100 Å². The van der Waals surface area contributed by atoms with Crippen LogP contribution in [0.3, 0.4) is 0 Å². The molecule has 0 spiro atoms. The second-order valence-electron chi connectivity index (χ2n) is 10.4. The van der Waals surface area contributed by atoms with E-state index in [9.17, 15) is 22.8 Å². The van der Waals surface area contributed by atoms with Crippen LogP contribution < -0.4 is 15.5 Å². The number of amides is 2. The summed E-state index contributed by atoms with van der Waals surface area (Å²) in [6, 6.07) is 8.21. The molecule has 8 nitrogen and oxygen atoms in total. The molecule has 0 radical (unpaired) electrons. The highest BCUT2D eigenvalue weighted by molar-refractivity contribution is 6.35.